The van der Waals surface area contributed by atoms with Crippen molar-refractivity contribution < 1.29 is 9.90 Å². The number of rotatable bonds is 6. The van der Waals surface area contributed by atoms with Crippen LogP contribution in [0.4, 0.5) is 0 Å². The zero-order valence-corrected chi connectivity index (χ0v) is 14.9. The smallest absolute Gasteiger partial charge is 0.335 e. The molecule has 0 bridgehead atoms. The number of likely N-dealkylation sites (tertiary alicyclic amines) is 1. The van der Waals surface area contributed by atoms with E-state index in [4.69, 9.17) is 16.7 Å². The molecule has 2 aromatic rings. The maximum absolute atomic E-state index is 10.9. The van der Waals surface area contributed by atoms with E-state index in [-0.39, 0.29) is 0 Å². The van der Waals surface area contributed by atoms with Gasteiger partial charge in [-0.25, -0.2) is 4.79 Å². The number of aromatic carboxylic acids is 1. The van der Waals surface area contributed by atoms with E-state index in [0.29, 0.717) is 11.6 Å². The number of halogens is 1. The van der Waals surface area contributed by atoms with Crippen LogP contribution in [-0.4, -0.2) is 35.1 Å². The van der Waals surface area contributed by atoms with Crippen LogP contribution in [0.25, 0.3) is 0 Å². The van der Waals surface area contributed by atoms with E-state index in [9.17, 15) is 4.79 Å². The minimum absolute atomic E-state index is 0.333. The summed E-state index contributed by atoms with van der Waals surface area (Å²) >= 11 is 5.93. The van der Waals surface area contributed by atoms with Gasteiger partial charge in [0.05, 0.1) is 5.56 Å². The van der Waals surface area contributed by atoms with Gasteiger partial charge in [-0.2, -0.15) is 0 Å². The molecule has 0 radical (unpaired) electrons. The second kappa shape index (κ2) is 8.48. The Morgan fingerprint density at radius 2 is 1.64 bits per heavy atom. The Bertz CT molecular complexity index is 693. The molecule has 132 valence electrons. The van der Waals surface area contributed by atoms with Crippen molar-refractivity contribution in [1.29, 1.82) is 0 Å². The van der Waals surface area contributed by atoms with Crippen LogP contribution in [0.15, 0.2) is 48.5 Å². The second-order valence-electron chi connectivity index (χ2n) is 6.56. The van der Waals surface area contributed by atoms with Crippen molar-refractivity contribution in [3.8, 4) is 0 Å². The lowest BCUT2D eigenvalue weighted by molar-refractivity contribution is 0.0697. The van der Waals surface area contributed by atoms with Crippen LogP contribution in [0.2, 0.25) is 5.02 Å². The Hall–Kier alpha value is -1.88. The summed E-state index contributed by atoms with van der Waals surface area (Å²) in [5.41, 5.74) is 2.75. The maximum atomic E-state index is 10.9. The normalized spacial score (nSPS) is 16.0. The molecule has 1 saturated heterocycles. The number of nitrogens with one attached hydrogen (secondary N) is 1. The second-order valence-corrected chi connectivity index (χ2v) is 7.00. The Morgan fingerprint density at radius 3 is 2.24 bits per heavy atom. The van der Waals surface area contributed by atoms with Gasteiger partial charge in [0, 0.05) is 24.2 Å². The summed E-state index contributed by atoms with van der Waals surface area (Å²) in [5.74, 6) is -0.882. The van der Waals surface area contributed by atoms with Crippen LogP contribution in [-0.2, 0) is 13.1 Å². The number of piperidine rings is 1. The summed E-state index contributed by atoms with van der Waals surface area (Å²) in [6.45, 7) is 3.92. The average molecular weight is 359 g/mol. The van der Waals surface area contributed by atoms with Crippen LogP contribution in [0, 0.1) is 0 Å². The maximum Gasteiger partial charge on any atom is 0.335 e. The Balaban J connectivity index is 1.41. The molecule has 2 aromatic carbocycles. The third-order valence-corrected chi connectivity index (χ3v) is 4.95. The fourth-order valence-electron chi connectivity index (χ4n) is 3.17. The molecular weight excluding hydrogens is 336 g/mol. The van der Waals surface area contributed by atoms with Gasteiger partial charge >= 0.3 is 5.97 Å². The topological polar surface area (TPSA) is 52.6 Å². The van der Waals surface area contributed by atoms with Gasteiger partial charge in [-0.1, -0.05) is 35.9 Å². The molecule has 0 aliphatic carbocycles. The van der Waals surface area contributed by atoms with Crippen molar-refractivity contribution in [2.45, 2.75) is 32.0 Å². The molecule has 1 heterocycles. The van der Waals surface area contributed by atoms with Crippen molar-refractivity contribution in [3.63, 3.8) is 0 Å². The number of benzene rings is 2. The molecule has 0 atom stereocenters. The number of carboxylic acid groups (broad SMARTS) is 1. The first-order valence-electron chi connectivity index (χ1n) is 8.62. The standard InChI is InChI=1S/C20H23ClN2O2/c21-18-7-3-16(4-8-18)14-23-11-9-19(10-12-23)22-13-15-1-5-17(6-2-15)20(24)25/h1-8,19,22H,9-14H2,(H,24,25). The van der Waals surface area contributed by atoms with E-state index in [0.717, 1.165) is 49.6 Å². The molecule has 25 heavy (non-hydrogen) atoms. The molecule has 5 heteroatoms. The SMILES string of the molecule is O=C(O)c1ccc(CNC2CCN(Cc3ccc(Cl)cc3)CC2)cc1. The van der Waals surface area contributed by atoms with Crippen LogP contribution in [0.3, 0.4) is 0 Å². The lowest BCUT2D eigenvalue weighted by Gasteiger charge is -2.32. The summed E-state index contributed by atoms with van der Waals surface area (Å²) < 4.78 is 0. The minimum atomic E-state index is -0.882. The van der Waals surface area contributed by atoms with Gasteiger partial charge < -0.3 is 10.4 Å². The molecule has 0 unspecified atom stereocenters. The zero-order valence-electron chi connectivity index (χ0n) is 14.1. The number of hydrogen-bond donors (Lipinski definition) is 2. The van der Waals surface area contributed by atoms with E-state index in [1.54, 1.807) is 12.1 Å². The molecule has 2 N–H and O–H groups in total. The highest BCUT2D eigenvalue weighted by Gasteiger charge is 2.18. The molecule has 3 rings (SSSR count). The predicted octanol–water partition coefficient (Wildman–Crippen LogP) is 3.79. The fourth-order valence-corrected chi connectivity index (χ4v) is 3.30. The summed E-state index contributed by atoms with van der Waals surface area (Å²) in [4.78, 5) is 13.3. The first-order valence-corrected chi connectivity index (χ1v) is 9.00. The van der Waals surface area contributed by atoms with E-state index >= 15 is 0 Å². The number of carboxylic acids is 1. The molecular formula is C20H23ClN2O2. The van der Waals surface area contributed by atoms with Crippen LogP contribution < -0.4 is 5.32 Å². The lowest BCUT2D eigenvalue weighted by Crippen LogP contribution is -2.41. The Labute approximate surface area is 153 Å². The molecule has 0 amide bonds. The molecule has 1 fully saturated rings. The number of nitrogens with zero attached hydrogens (tertiary/aromatic N) is 1. The zero-order chi connectivity index (χ0) is 17.6. The van der Waals surface area contributed by atoms with E-state index in [1.807, 2.05) is 24.3 Å². The van der Waals surface area contributed by atoms with E-state index in [1.165, 1.54) is 5.56 Å². The molecule has 0 spiro atoms. The summed E-state index contributed by atoms with van der Waals surface area (Å²) in [5, 5.41) is 13.3. The third kappa shape index (κ3) is 5.30. The largest absolute Gasteiger partial charge is 0.478 e. The van der Waals surface area contributed by atoms with Crippen molar-refractivity contribution in [1.82, 2.24) is 10.2 Å². The highest BCUT2D eigenvalue weighted by molar-refractivity contribution is 6.30. The van der Waals surface area contributed by atoms with Gasteiger partial charge in [0.15, 0.2) is 0 Å². The van der Waals surface area contributed by atoms with Crippen molar-refractivity contribution in [3.05, 3.63) is 70.2 Å². The molecule has 1 aliphatic rings. The van der Waals surface area contributed by atoms with Crippen LogP contribution in [0.5, 0.6) is 0 Å². The lowest BCUT2D eigenvalue weighted by atomic mass is 10.0. The van der Waals surface area contributed by atoms with Crippen LogP contribution in [0.1, 0.15) is 34.3 Å². The van der Waals surface area contributed by atoms with Gasteiger partial charge in [0.25, 0.3) is 0 Å². The average Bonchev–Trinajstić information content (AvgIpc) is 2.63. The van der Waals surface area contributed by atoms with Gasteiger partial charge in [-0.3, -0.25) is 4.90 Å². The molecule has 0 aromatic heterocycles. The predicted molar refractivity (Wildman–Crippen MR) is 100.0 cm³/mol. The molecule has 1 aliphatic heterocycles. The van der Waals surface area contributed by atoms with Crippen molar-refractivity contribution in [2.75, 3.05) is 13.1 Å². The summed E-state index contributed by atoms with van der Waals surface area (Å²) in [6, 6.07) is 15.7. The van der Waals surface area contributed by atoms with Crippen molar-refractivity contribution in [2.24, 2.45) is 0 Å². The monoisotopic (exact) mass is 358 g/mol. The molecule has 0 saturated carbocycles. The third-order valence-electron chi connectivity index (χ3n) is 4.70. The van der Waals surface area contributed by atoms with Gasteiger partial charge in [0.2, 0.25) is 0 Å². The quantitative estimate of drug-likeness (QED) is 0.824. The highest BCUT2D eigenvalue weighted by atomic mass is 35.5. The summed E-state index contributed by atoms with van der Waals surface area (Å²) in [7, 11) is 0. The first-order chi connectivity index (χ1) is 12.1. The first kappa shape index (κ1) is 17.9. The minimum Gasteiger partial charge on any atom is -0.478 e. The molecule has 4 nitrogen and oxygen atoms in total. The van der Waals surface area contributed by atoms with Crippen LogP contribution >= 0.6 is 11.6 Å². The van der Waals surface area contributed by atoms with Gasteiger partial charge in [0.1, 0.15) is 0 Å². The Kier molecular flexibility index (Phi) is 6.08. The van der Waals surface area contributed by atoms with Gasteiger partial charge in [-0.05, 0) is 61.3 Å². The van der Waals surface area contributed by atoms with Gasteiger partial charge in [-0.15, -0.1) is 0 Å². The van der Waals surface area contributed by atoms with E-state index in [2.05, 4.69) is 22.3 Å². The summed E-state index contributed by atoms with van der Waals surface area (Å²) in [6.07, 6.45) is 2.25. The fraction of sp³-hybridized carbons (Fsp3) is 0.350. The van der Waals surface area contributed by atoms with Crippen molar-refractivity contribution >= 4 is 17.6 Å². The number of carbonyl (C=O) groups is 1. The number of hydrogen-bond acceptors (Lipinski definition) is 3. The Morgan fingerprint density at radius 1 is 1.04 bits per heavy atom. The van der Waals surface area contributed by atoms with E-state index < -0.39 is 5.97 Å². The highest BCUT2D eigenvalue weighted by Crippen LogP contribution is 2.16.